The second kappa shape index (κ2) is 6.04. The second-order valence-corrected chi connectivity index (χ2v) is 7.02. The lowest BCUT2D eigenvalue weighted by Crippen LogP contribution is -2.33. The molecule has 1 aromatic carbocycles. The van der Waals surface area contributed by atoms with Gasteiger partial charge in [-0.3, -0.25) is 4.79 Å². The molecule has 0 unspecified atom stereocenters. The quantitative estimate of drug-likeness (QED) is 0.848. The molecule has 124 valence electrons. The Labute approximate surface area is 134 Å². The fourth-order valence-electron chi connectivity index (χ4n) is 2.22. The van der Waals surface area contributed by atoms with Crippen LogP contribution in [0.4, 0.5) is 0 Å². The maximum atomic E-state index is 12.6. The van der Waals surface area contributed by atoms with Gasteiger partial charge in [0.1, 0.15) is 11.4 Å². The van der Waals surface area contributed by atoms with Crippen LogP contribution in [0.3, 0.4) is 0 Å². The number of hydrogen-bond acceptors (Lipinski definition) is 6. The van der Waals surface area contributed by atoms with Crippen molar-refractivity contribution >= 4 is 15.9 Å². The van der Waals surface area contributed by atoms with Gasteiger partial charge >= 0.3 is 0 Å². The van der Waals surface area contributed by atoms with E-state index in [4.69, 9.17) is 9.26 Å². The van der Waals surface area contributed by atoms with E-state index in [1.807, 2.05) is 6.92 Å². The first kappa shape index (κ1) is 17.0. The third-order valence-corrected chi connectivity index (χ3v) is 5.51. The Morgan fingerprint density at radius 3 is 2.43 bits per heavy atom. The molecule has 8 heteroatoms. The zero-order valence-corrected chi connectivity index (χ0v) is 14.4. The minimum atomic E-state index is -4.05. The van der Waals surface area contributed by atoms with Crippen molar-refractivity contribution < 1.29 is 22.5 Å². The van der Waals surface area contributed by atoms with Gasteiger partial charge in [-0.1, -0.05) is 11.2 Å². The molecule has 0 atom stereocenters. The molecule has 2 rings (SSSR count). The summed E-state index contributed by atoms with van der Waals surface area (Å²) in [4.78, 5) is 12.4. The molecule has 0 radical (unpaired) electrons. The summed E-state index contributed by atoms with van der Waals surface area (Å²) in [5.74, 6) is -0.00840. The minimum Gasteiger partial charge on any atom is -0.496 e. The third kappa shape index (κ3) is 2.94. The van der Waals surface area contributed by atoms with Crippen LogP contribution >= 0.6 is 0 Å². The fraction of sp³-hybridized carbons (Fsp3) is 0.333. The predicted molar refractivity (Wildman–Crippen MR) is 83.0 cm³/mol. The van der Waals surface area contributed by atoms with Crippen LogP contribution in [0.2, 0.25) is 0 Å². The highest BCUT2D eigenvalue weighted by molar-refractivity contribution is 7.89. The van der Waals surface area contributed by atoms with Crippen molar-refractivity contribution in [3.05, 3.63) is 40.8 Å². The Morgan fingerprint density at radius 1 is 1.26 bits per heavy atom. The van der Waals surface area contributed by atoms with Gasteiger partial charge in [0.25, 0.3) is 15.9 Å². The van der Waals surface area contributed by atoms with Gasteiger partial charge in [-0.25, -0.2) is 12.7 Å². The SMILES string of the molecule is COc1cc(C(=O)N(C)S(=O)(=O)c2c(C)noc2C)ccc1C. The minimum absolute atomic E-state index is 0.0903. The van der Waals surface area contributed by atoms with E-state index in [1.165, 1.54) is 34.1 Å². The van der Waals surface area contributed by atoms with Crippen molar-refractivity contribution in [2.75, 3.05) is 14.2 Å². The summed E-state index contributed by atoms with van der Waals surface area (Å²) in [7, 11) is -1.36. The average Bonchev–Trinajstić information content (AvgIpc) is 2.85. The van der Waals surface area contributed by atoms with Crippen molar-refractivity contribution in [1.29, 1.82) is 0 Å². The normalized spacial score (nSPS) is 11.3. The molecule has 0 spiro atoms. The number of benzene rings is 1. The number of ether oxygens (including phenoxy) is 1. The summed E-state index contributed by atoms with van der Waals surface area (Å²) in [5.41, 5.74) is 1.27. The largest absolute Gasteiger partial charge is 0.496 e. The average molecular weight is 338 g/mol. The van der Waals surface area contributed by atoms with Crippen molar-refractivity contribution in [1.82, 2.24) is 9.46 Å². The topological polar surface area (TPSA) is 89.7 Å². The number of hydrogen-bond donors (Lipinski definition) is 0. The molecule has 0 saturated heterocycles. The van der Waals surface area contributed by atoms with Gasteiger partial charge in [0.15, 0.2) is 10.7 Å². The van der Waals surface area contributed by atoms with Crippen LogP contribution in [0.25, 0.3) is 0 Å². The molecule has 0 bridgehead atoms. The lowest BCUT2D eigenvalue weighted by molar-refractivity contribution is 0.0882. The highest BCUT2D eigenvalue weighted by atomic mass is 32.2. The predicted octanol–water partition coefficient (Wildman–Crippen LogP) is 2.07. The lowest BCUT2D eigenvalue weighted by Gasteiger charge is -2.18. The van der Waals surface area contributed by atoms with Gasteiger partial charge in [-0.2, -0.15) is 0 Å². The van der Waals surface area contributed by atoms with Crippen LogP contribution in [0, 0.1) is 20.8 Å². The number of aromatic nitrogens is 1. The van der Waals surface area contributed by atoms with Crippen molar-refractivity contribution in [2.45, 2.75) is 25.7 Å². The Morgan fingerprint density at radius 2 is 1.91 bits per heavy atom. The summed E-state index contributed by atoms with van der Waals surface area (Å²) >= 11 is 0. The highest BCUT2D eigenvalue weighted by Crippen LogP contribution is 2.25. The number of nitrogens with zero attached hydrogens (tertiary/aromatic N) is 2. The first-order valence-corrected chi connectivity index (χ1v) is 8.25. The number of methoxy groups -OCH3 is 1. The molecular formula is C15H18N2O5S. The maximum absolute atomic E-state index is 12.6. The van der Waals surface area contributed by atoms with Crippen LogP contribution in [-0.4, -0.2) is 37.9 Å². The van der Waals surface area contributed by atoms with Crippen molar-refractivity contribution in [2.24, 2.45) is 0 Å². The van der Waals surface area contributed by atoms with Crippen LogP contribution in [-0.2, 0) is 10.0 Å². The second-order valence-electron chi connectivity index (χ2n) is 5.12. The van der Waals surface area contributed by atoms with Crippen LogP contribution in [0.5, 0.6) is 5.75 Å². The van der Waals surface area contributed by atoms with E-state index in [9.17, 15) is 13.2 Å². The number of amides is 1. The molecule has 0 aliphatic carbocycles. The van der Waals surface area contributed by atoms with Crippen LogP contribution in [0.15, 0.2) is 27.6 Å². The lowest BCUT2D eigenvalue weighted by atomic mass is 10.1. The summed E-state index contributed by atoms with van der Waals surface area (Å²) in [6.45, 7) is 4.83. The van der Waals surface area contributed by atoms with E-state index >= 15 is 0 Å². The first-order chi connectivity index (χ1) is 10.7. The summed E-state index contributed by atoms with van der Waals surface area (Å²) in [6, 6.07) is 4.76. The molecular weight excluding hydrogens is 320 g/mol. The zero-order valence-electron chi connectivity index (χ0n) is 13.6. The maximum Gasteiger partial charge on any atom is 0.271 e. The molecule has 0 N–H and O–H groups in total. The van der Waals surface area contributed by atoms with Gasteiger partial charge in [-0.05, 0) is 38.5 Å². The van der Waals surface area contributed by atoms with Gasteiger partial charge in [0, 0.05) is 12.6 Å². The fourth-order valence-corrected chi connectivity index (χ4v) is 3.63. The number of carbonyl (C=O) groups excluding carboxylic acids is 1. The molecule has 1 aromatic heterocycles. The smallest absolute Gasteiger partial charge is 0.271 e. The molecule has 1 amide bonds. The van der Waals surface area contributed by atoms with E-state index in [1.54, 1.807) is 12.1 Å². The molecule has 0 saturated carbocycles. The molecule has 0 fully saturated rings. The zero-order chi connectivity index (χ0) is 17.4. The Kier molecular flexibility index (Phi) is 4.46. The van der Waals surface area contributed by atoms with E-state index in [2.05, 4.69) is 5.16 Å². The molecule has 0 aliphatic heterocycles. The van der Waals surface area contributed by atoms with Crippen molar-refractivity contribution in [3.63, 3.8) is 0 Å². The third-order valence-electron chi connectivity index (χ3n) is 3.53. The molecule has 2 aromatic rings. The molecule has 0 aliphatic rings. The van der Waals surface area contributed by atoms with Gasteiger partial charge in [0.05, 0.1) is 7.11 Å². The Hall–Kier alpha value is -2.35. The van der Waals surface area contributed by atoms with Gasteiger partial charge in [-0.15, -0.1) is 0 Å². The van der Waals surface area contributed by atoms with Crippen LogP contribution in [0.1, 0.15) is 27.4 Å². The van der Waals surface area contributed by atoms with E-state index in [0.29, 0.717) is 10.1 Å². The number of rotatable bonds is 4. The monoisotopic (exact) mass is 338 g/mol. The highest BCUT2D eigenvalue weighted by Gasteiger charge is 2.32. The summed E-state index contributed by atoms with van der Waals surface area (Å²) < 4.78 is 36.0. The number of sulfonamides is 1. The molecule has 1 heterocycles. The number of carbonyl (C=O) groups is 1. The first-order valence-electron chi connectivity index (χ1n) is 6.81. The van der Waals surface area contributed by atoms with Gasteiger partial charge in [0.2, 0.25) is 0 Å². The molecule has 23 heavy (non-hydrogen) atoms. The van der Waals surface area contributed by atoms with Crippen molar-refractivity contribution in [3.8, 4) is 5.75 Å². The summed E-state index contributed by atoms with van der Waals surface area (Å²) in [6.07, 6.45) is 0. The summed E-state index contributed by atoms with van der Waals surface area (Å²) in [5, 5.41) is 3.62. The molecule has 7 nitrogen and oxygen atoms in total. The Balaban J connectivity index is 2.44. The Bertz CT molecular complexity index is 835. The van der Waals surface area contributed by atoms with E-state index in [0.717, 1.165) is 5.56 Å². The van der Waals surface area contributed by atoms with E-state index < -0.39 is 15.9 Å². The van der Waals surface area contributed by atoms with Gasteiger partial charge < -0.3 is 9.26 Å². The standard InChI is InChI=1S/C15H18N2O5S/c1-9-6-7-12(8-13(9)21-5)15(18)17(4)23(19,20)14-10(2)16-22-11(14)3/h6-8H,1-5H3. The van der Waals surface area contributed by atoms with E-state index in [-0.39, 0.29) is 21.9 Å². The number of aryl methyl sites for hydroxylation is 3. The van der Waals surface area contributed by atoms with Crippen LogP contribution < -0.4 is 4.74 Å².